The molecule has 17 heavy (non-hydrogen) atoms. The molecule has 0 radical (unpaired) electrons. The molecule has 1 aliphatic rings. The van der Waals surface area contributed by atoms with Crippen LogP contribution in [0.4, 0.5) is 0 Å². The van der Waals surface area contributed by atoms with Gasteiger partial charge in [0.2, 0.25) is 0 Å². The van der Waals surface area contributed by atoms with E-state index in [9.17, 15) is 0 Å². The zero-order chi connectivity index (χ0) is 12.4. The fourth-order valence-corrected chi connectivity index (χ4v) is 3.29. The Bertz CT molecular complexity index is 363. The van der Waals surface area contributed by atoms with Gasteiger partial charge in [0, 0.05) is 11.9 Å². The lowest BCUT2D eigenvalue weighted by atomic mass is 9.86. The maximum atomic E-state index is 5.86. The first-order valence-corrected chi connectivity index (χ1v) is 7.36. The number of hydrogen-bond donors (Lipinski definition) is 1. The van der Waals surface area contributed by atoms with Crippen LogP contribution in [0.25, 0.3) is 0 Å². The smallest absolute Gasteiger partial charge is 0.0898 e. The Morgan fingerprint density at radius 1 is 1.65 bits per heavy atom. The largest absolute Gasteiger partial charge is 0.330 e. The molecule has 1 aromatic rings. The first kappa shape index (κ1) is 13.0. The van der Waals surface area contributed by atoms with E-state index in [0.29, 0.717) is 12.0 Å². The number of aryl methyl sites for hydroxylation is 1. The summed E-state index contributed by atoms with van der Waals surface area (Å²) in [5.74, 6) is 1.41. The maximum Gasteiger partial charge on any atom is 0.0898 e. The summed E-state index contributed by atoms with van der Waals surface area (Å²) in [4.78, 5) is 7.14. The van der Waals surface area contributed by atoms with Crippen LogP contribution in [-0.4, -0.2) is 29.5 Å². The quantitative estimate of drug-likeness (QED) is 0.899. The molecule has 3 unspecified atom stereocenters. The predicted molar refractivity (Wildman–Crippen MR) is 73.2 cm³/mol. The molecule has 0 aliphatic carbocycles. The monoisotopic (exact) mass is 253 g/mol. The minimum absolute atomic E-state index is 0.432. The van der Waals surface area contributed by atoms with Gasteiger partial charge in [-0.3, -0.25) is 4.90 Å². The van der Waals surface area contributed by atoms with E-state index < -0.39 is 0 Å². The molecule has 3 atom stereocenters. The first-order chi connectivity index (χ1) is 8.11. The minimum Gasteiger partial charge on any atom is -0.330 e. The molecule has 2 heterocycles. The molecule has 96 valence electrons. The highest BCUT2D eigenvalue weighted by Crippen LogP contribution is 2.29. The lowest BCUT2D eigenvalue weighted by molar-refractivity contribution is 0.0964. The molecule has 0 spiro atoms. The fourth-order valence-electron chi connectivity index (χ4n) is 2.60. The highest BCUT2D eigenvalue weighted by atomic mass is 32.1. The third-order valence-electron chi connectivity index (χ3n) is 4.06. The molecule has 1 saturated heterocycles. The molecule has 1 aromatic heterocycles. The lowest BCUT2D eigenvalue weighted by Crippen LogP contribution is -2.43. The summed E-state index contributed by atoms with van der Waals surface area (Å²) in [5.41, 5.74) is 7.08. The molecule has 0 aromatic carbocycles. The van der Waals surface area contributed by atoms with E-state index in [0.717, 1.165) is 24.0 Å². The molecule has 1 aliphatic heterocycles. The van der Waals surface area contributed by atoms with E-state index in [4.69, 9.17) is 5.73 Å². The molecule has 0 amide bonds. The van der Waals surface area contributed by atoms with Gasteiger partial charge < -0.3 is 5.73 Å². The van der Waals surface area contributed by atoms with Crippen LogP contribution in [0.3, 0.4) is 0 Å². The number of thiazole rings is 1. The van der Waals surface area contributed by atoms with Crippen LogP contribution in [0.15, 0.2) is 5.38 Å². The van der Waals surface area contributed by atoms with E-state index in [-0.39, 0.29) is 0 Å². The Morgan fingerprint density at radius 2 is 2.41 bits per heavy atom. The molecule has 3 nitrogen and oxygen atoms in total. The Morgan fingerprint density at radius 3 is 3.00 bits per heavy atom. The summed E-state index contributed by atoms with van der Waals surface area (Å²) in [6.07, 6.45) is 1.26. The summed E-state index contributed by atoms with van der Waals surface area (Å²) in [5, 5.41) is 3.35. The average Bonchev–Trinajstić information content (AvgIpc) is 2.75. The van der Waals surface area contributed by atoms with Gasteiger partial charge in [0.05, 0.1) is 16.7 Å². The van der Waals surface area contributed by atoms with Gasteiger partial charge in [0.25, 0.3) is 0 Å². The van der Waals surface area contributed by atoms with E-state index >= 15 is 0 Å². The van der Waals surface area contributed by atoms with Crippen LogP contribution in [0, 0.1) is 18.8 Å². The highest BCUT2D eigenvalue weighted by Gasteiger charge is 2.28. The normalized spacial score (nSPS) is 28.2. The van der Waals surface area contributed by atoms with E-state index in [1.165, 1.54) is 18.7 Å². The van der Waals surface area contributed by atoms with E-state index in [1.807, 2.05) is 0 Å². The van der Waals surface area contributed by atoms with Crippen molar-refractivity contribution >= 4 is 11.3 Å². The number of piperidine rings is 1. The third-order valence-corrected chi connectivity index (χ3v) is 4.85. The zero-order valence-corrected chi connectivity index (χ0v) is 11.8. The summed E-state index contributed by atoms with van der Waals surface area (Å²) < 4.78 is 0. The summed E-state index contributed by atoms with van der Waals surface area (Å²) in [6, 6.07) is 0.432. The first-order valence-electron chi connectivity index (χ1n) is 6.48. The van der Waals surface area contributed by atoms with Crippen molar-refractivity contribution in [3.63, 3.8) is 0 Å². The number of likely N-dealkylation sites (tertiary alicyclic amines) is 1. The minimum atomic E-state index is 0.432. The number of aromatic nitrogens is 1. The summed E-state index contributed by atoms with van der Waals surface area (Å²) in [6.45, 7) is 9.76. The molecule has 2 rings (SSSR count). The van der Waals surface area contributed by atoms with Gasteiger partial charge in [0.15, 0.2) is 0 Å². The van der Waals surface area contributed by atoms with Crippen molar-refractivity contribution in [2.45, 2.75) is 33.2 Å². The zero-order valence-electron chi connectivity index (χ0n) is 11.0. The predicted octanol–water partition coefficient (Wildman–Crippen LogP) is 2.43. The SMILES string of the molecule is Cc1nc(C(C)N2CCC(C)C(CN)C2)cs1. The Kier molecular flexibility index (Phi) is 4.17. The Balaban J connectivity index is 2.03. The van der Waals surface area contributed by atoms with Gasteiger partial charge in [-0.15, -0.1) is 11.3 Å². The average molecular weight is 253 g/mol. The highest BCUT2D eigenvalue weighted by molar-refractivity contribution is 7.09. The van der Waals surface area contributed by atoms with Crippen molar-refractivity contribution < 1.29 is 0 Å². The van der Waals surface area contributed by atoms with Crippen molar-refractivity contribution in [3.8, 4) is 0 Å². The van der Waals surface area contributed by atoms with Crippen molar-refractivity contribution in [1.82, 2.24) is 9.88 Å². The summed E-state index contributed by atoms with van der Waals surface area (Å²) >= 11 is 1.74. The molecule has 0 bridgehead atoms. The molecular formula is C13H23N3S. The van der Waals surface area contributed by atoms with Gasteiger partial charge in [-0.25, -0.2) is 4.98 Å². The van der Waals surface area contributed by atoms with Crippen molar-refractivity contribution in [1.29, 1.82) is 0 Å². The van der Waals surface area contributed by atoms with Crippen molar-refractivity contribution in [2.24, 2.45) is 17.6 Å². The molecule has 2 N–H and O–H groups in total. The molecule has 4 heteroatoms. The van der Waals surface area contributed by atoms with Crippen LogP contribution in [0.5, 0.6) is 0 Å². The van der Waals surface area contributed by atoms with E-state index in [1.54, 1.807) is 11.3 Å². The topological polar surface area (TPSA) is 42.2 Å². The van der Waals surface area contributed by atoms with Crippen LogP contribution >= 0.6 is 11.3 Å². The Labute approximate surface area is 108 Å². The third kappa shape index (κ3) is 2.87. The maximum absolute atomic E-state index is 5.86. The second kappa shape index (κ2) is 5.46. The number of nitrogens with zero attached hydrogens (tertiary/aromatic N) is 2. The molecule has 0 saturated carbocycles. The van der Waals surface area contributed by atoms with Gasteiger partial charge in [-0.2, -0.15) is 0 Å². The second-order valence-electron chi connectivity index (χ2n) is 5.22. The van der Waals surface area contributed by atoms with Crippen molar-refractivity contribution in [3.05, 3.63) is 16.1 Å². The van der Waals surface area contributed by atoms with Crippen LogP contribution in [-0.2, 0) is 0 Å². The number of rotatable bonds is 3. The lowest BCUT2D eigenvalue weighted by Gasteiger charge is -2.39. The van der Waals surface area contributed by atoms with Crippen LogP contribution in [0.1, 0.15) is 37.0 Å². The number of nitrogens with two attached hydrogens (primary N) is 1. The van der Waals surface area contributed by atoms with Crippen LogP contribution in [0.2, 0.25) is 0 Å². The van der Waals surface area contributed by atoms with Gasteiger partial charge in [0.1, 0.15) is 0 Å². The Hall–Kier alpha value is -0.450. The molecular weight excluding hydrogens is 230 g/mol. The van der Waals surface area contributed by atoms with Gasteiger partial charge in [-0.05, 0) is 45.2 Å². The standard InChI is InChI=1S/C13H23N3S/c1-9-4-5-16(7-12(9)6-14)10(2)13-8-17-11(3)15-13/h8-10,12H,4-7,14H2,1-3H3. The van der Waals surface area contributed by atoms with Gasteiger partial charge >= 0.3 is 0 Å². The van der Waals surface area contributed by atoms with Crippen LogP contribution < -0.4 is 5.73 Å². The fraction of sp³-hybridized carbons (Fsp3) is 0.769. The van der Waals surface area contributed by atoms with Gasteiger partial charge in [-0.1, -0.05) is 6.92 Å². The second-order valence-corrected chi connectivity index (χ2v) is 6.29. The van der Waals surface area contributed by atoms with Crippen molar-refractivity contribution in [2.75, 3.05) is 19.6 Å². The molecule has 1 fully saturated rings. The number of hydrogen-bond acceptors (Lipinski definition) is 4. The summed E-state index contributed by atoms with van der Waals surface area (Å²) in [7, 11) is 0. The van der Waals surface area contributed by atoms with E-state index in [2.05, 4.69) is 36.0 Å².